The van der Waals surface area contributed by atoms with Crippen molar-refractivity contribution in [2.45, 2.75) is 45.6 Å². The van der Waals surface area contributed by atoms with Gasteiger partial charge in [0.2, 0.25) is 5.91 Å². The van der Waals surface area contributed by atoms with Crippen LogP contribution in [0, 0.1) is 0 Å². The Hall–Kier alpha value is -2.86. The molecular weight excluding hydrogens is 408 g/mol. The average molecular weight is 437 g/mol. The maximum absolute atomic E-state index is 12.4. The summed E-state index contributed by atoms with van der Waals surface area (Å²) in [6.45, 7) is 2.76. The fourth-order valence-electron chi connectivity index (χ4n) is 3.45. The van der Waals surface area contributed by atoms with Crippen LogP contribution in [0.15, 0.2) is 53.4 Å². The molecule has 1 aliphatic heterocycles. The maximum Gasteiger partial charge on any atom is 0.290 e. The Balaban J connectivity index is 1.63. The summed E-state index contributed by atoms with van der Waals surface area (Å²) >= 11 is 0.915. The zero-order valence-electron chi connectivity index (χ0n) is 18.0. The van der Waals surface area contributed by atoms with E-state index in [2.05, 4.69) is 18.3 Å². The van der Waals surface area contributed by atoms with Gasteiger partial charge in [0.15, 0.2) is 0 Å². The highest BCUT2D eigenvalue weighted by molar-refractivity contribution is 8.18. The van der Waals surface area contributed by atoms with Gasteiger partial charge in [0, 0.05) is 20.0 Å². The number of hydrogen-bond acceptors (Lipinski definition) is 4. The molecular formula is C25H28N2O3S. The average Bonchev–Trinajstić information content (AvgIpc) is 3.08. The number of benzene rings is 2. The number of nitrogens with zero attached hydrogens (tertiary/aromatic N) is 1. The number of carbonyl (C=O) groups is 3. The van der Waals surface area contributed by atoms with E-state index in [9.17, 15) is 14.4 Å². The number of imide groups is 1. The zero-order valence-corrected chi connectivity index (χ0v) is 18.8. The quantitative estimate of drug-likeness (QED) is 0.410. The summed E-state index contributed by atoms with van der Waals surface area (Å²) in [6.07, 6.45) is 6.73. The van der Waals surface area contributed by atoms with E-state index in [0.717, 1.165) is 46.9 Å². The van der Waals surface area contributed by atoms with Crippen LogP contribution in [0.4, 0.5) is 4.79 Å². The third-order valence-electron chi connectivity index (χ3n) is 5.20. The van der Waals surface area contributed by atoms with E-state index in [1.165, 1.54) is 12.8 Å². The SMILES string of the molecule is CCCCCCC(=O)N(C)Cc1cccc(-c2ccc(C=C3SC(=O)NC3=O)cc2)c1. The number of amides is 3. The van der Waals surface area contributed by atoms with Crippen molar-refractivity contribution in [3.63, 3.8) is 0 Å². The van der Waals surface area contributed by atoms with Gasteiger partial charge in [0.25, 0.3) is 11.1 Å². The van der Waals surface area contributed by atoms with Crippen LogP contribution < -0.4 is 5.32 Å². The van der Waals surface area contributed by atoms with Crippen molar-refractivity contribution >= 4 is 34.9 Å². The van der Waals surface area contributed by atoms with E-state index < -0.39 is 0 Å². The van der Waals surface area contributed by atoms with Crippen molar-refractivity contribution in [1.82, 2.24) is 10.2 Å². The van der Waals surface area contributed by atoms with Gasteiger partial charge >= 0.3 is 0 Å². The molecule has 5 nitrogen and oxygen atoms in total. The van der Waals surface area contributed by atoms with E-state index in [1.54, 1.807) is 11.0 Å². The minimum absolute atomic E-state index is 0.186. The van der Waals surface area contributed by atoms with Crippen molar-refractivity contribution in [3.8, 4) is 11.1 Å². The molecule has 3 rings (SSSR count). The zero-order chi connectivity index (χ0) is 22.2. The number of unbranched alkanes of at least 4 members (excludes halogenated alkanes) is 3. The molecule has 0 aliphatic carbocycles. The fraction of sp³-hybridized carbons (Fsp3) is 0.320. The molecule has 3 amide bonds. The lowest BCUT2D eigenvalue weighted by atomic mass is 10.0. The normalized spacial score (nSPS) is 14.7. The Morgan fingerprint density at radius 2 is 1.81 bits per heavy atom. The fourth-order valence-corrected chi connectivity index (χ4v) is 4.13. The first-order valence-corrected chi connectivity index (χ1v) is 11.5. The molecule has 6 heteroatoms. The molecule has 31 heavy (non-hydrogen) atoms. The van der Waals surface area contributed by atoms with Crippen molar-refractivity contribution < 1.29 is 14.4 Å². The van der Waals surface area contributed by atoms with Gasteiger partial charge in [-0.2, -0.15) is 0 Å². The van der Waals surface area contributed by atoms with Crippen LogP contribution in [-0.2, 0) is 16.1 Å². The Labute approximate surface area is 187 Å². The van der Waals surface area contributed by atoms with Crippen LogP contribution >= 0.6 is 11.8 Å². The van der Waals surface area contributed by atoms with E-state index in [4.69, 9.17) is 0 Å². The topological polar surface area (TPSA) is 66.5 Å². The molecule has 2 aromatic rings. The summed E-state index contributed by atoms with van der Waals surface area (Å²) in [4.78, 5) is 37.5. The highest BCUT2D eigenvalue weighted by atomic mass is 32.2. The van der Waals surface area contributed by atoms with Crippen LogP contribution in [-0.4, -0.2) is 29.0 Å². The molecule has 2 aromatic carbocycles. The van der Waals surface area contributed by atoms with Gasteiger partial charge in [-0.05, 0) is 52.6 Å². The maximum atomic E-state index is 12.4. The number of rotatable bonds is 9. The third-order valence-corrected chi connectivity index (χ3v) is 6.01. The molecule has 1 saturated heterocycles. The van der Waals surface area contributed by atoms with Crippen LogP contribution in [0.2, 0.25) is 0 Å². The summed E-state index contributed by atoms with van der Waals surface area (Å²) in [6, 6.07) is 16.0. The Morgan fingerprint density at radius 3 is 2.48 bits per heavy atom. The van der Waals surface area contributed by atoms with Crippen molar-refractivity contribution in [2.75, 3.05) is 7.05 Å². The monoisotopic (exact) mass is 436 g/mol. The van der Waals surface area contributed by atoms with E-state index >= 15 is 0 Å². The second kappa shape index (κ2) is 11.0. The van der Waals surface area contributed by atoms with E-state index in [-0.39, 0.29) is 17.1 Å². The lowest BCUT2D eigenvalue weighted by molar-refractivity contribution is -0.130. The molecule has 0 aromatic heterocycles. The third kappa shape index (κ3) is 6.56. The van der Waals surface area contributed by atoms with Crippen LogP contribution in [0.1, 0.15) is 50.2 Å². The highest BCUT2D eigenvalue weighted by Gasteiger charge is 2.24. The molecule has 0 saturated carbocycles. The summed E-state index contributed by atoms with van der Waals surface area (Å²) in [5.41, 5.74) is 4.08. The number of hydrogen-bond donors (Lipinski definition) is 1. The molecule has 0 radical (unpaired) electrons. The second-order valence-electron chi connectivity index (χ2n) is 7.74. The van der Waals surface area contributed by atoms with Gasteiger partial charge in [0.1, 0.15) is 0 Å². The van der Waals surface area contributed by atoms with Gasteiger partial charge in [-0.15, -0.1) is 0 Å². The van der Waals surface area contributed by atoms with Gasteiger partial charge in [-0.1, -0.05) is 68.7 Å². The van der Waals surface area contributed by atoms with E-state index in [0.29, 0.717) is 17.9 Å². The van der Waals surface area contributed by atoms with Gasteiger partial charge < -0.3 is 4.90 Å². The predicted molar refractivity (Wildman–Crippen MR) is 126 cm³/mol. The predicted octanol–water partition coefficient (Wildman–Crippen LogP) is 5.61. The highest BCUT2D eigenvalue weighted by Crippen LogP contribution is 2.27. The lowest BCUT2D eigenvalue weighted by Crippen LogP contribution is -2.25. The summed E-state index contributed by atoms with van der Waals surface area (Å²) in [7, 11) is 1.86. The molecule has 1 heterocycles. The number of thioether (sulfide) groups is 1. The van der Waals surface area contributed by atoms with Gasteiger partial charge in [-0.25, -0.2) is 0 Å². The second-order valence-corrected chi connectivity index (χ2v) is 8.75. The van der Waals surface area contributed by atoms with Gasteiger partial charge in [-0.3, -0.25) is 19.7 Å². The van der Waals surface area contributed by atoms with Crippen LogP contribution in [0.25, 0.3) is 17.2 Å². The minimum atomic E-state index is -0.351. The van der Waals surface area contributed by atoms with Gasteiger partial charge in [0.05, 0.1) is 4.91 Å². The molecule has 0 spiro atoms. The number of nitrogens with one attached hydrogen (secondary N) is 1. The standard InChI is InChI=1S/C25H28N2O3S/c1-3-4-5-6-10-23(28)27(2)17-19-8-7-9-21(15-19)20-13-11-18(12-14-20)16-22-24(29)26-25(30)31-22/h7-9,11-16H,3-6,10,17H2,1-2H3,(H,26,29,30). The van der Waals surface area contributed by atoms with E-state index in [1.807, 2.05) is 49.5 Å². The first-order chi connectivity index (χ1) is 15.0. The molecule has 162 valence electrons. The smallest absolute Gasteiger partial charge is 0.290 e. The van der Waals surface area contributed by atoms with Crippen LogP contribution in [0.5, 0.6) is 0 Å². The minimum Gasteiger partial charge on any atom is -0.341 e. The Morgan fingerprint density at radius 1 is 1.03 bits per heavy atom. The summed E-state index contributed by atoms with van der Waals surface area (Å²) in [5, 5.41) is 1.92. The molecule has 0 atom stereocenters. The van der Waals surface area contributed by atoms with Crippen molar-refractivity contribution in [1.29, 1.82) is 0 Å². The number of carbonyl (C=O) groups excluding carboxylic acids is 3. The molecule has 1 aliphatic rings. The first-order valence-electron chi connectivity index (χ1n) is 10.6. The molecule has 1 N–H and O–H groups in total. The summed E-state index contributed by atoms with van der Waals surface area (Å²) in [5.74, 6) is -0.165. The molecule has 0 unspecified atom stereocenters. The largest absolute Gasteiger partial charge is 0.341 e. The Bertz CT molecular complexity index is 983. The first kappa shape index (κ1) is 22.8. The van der Waals surface area contributed by atoms with Crippen LogP contribution in [0.3, 0.4) is 0 Å². The van der Waals surface area contributed by atoms with Crippen molar-refractivity contribution in [2.24, 2.45) is 0 Å². The molecule has 0 bridgehead atoms. The van der Waals surface area contributed by atoms with Crippen molar-refractivity contribution in [3.05, 3.63) is 64.6 Å². The summed E-state index contributed by atoms with van der Waals surface area (Å²) < 4.78 is 0. The Kier molecular flexibility index (Phi) is 8.06. The molecule has 1 fully saturated rings. The lowest BCUT2D eigenvalue weighted by Gasteiger charge is -2.18.